The van der Waals surface area contributed by atoms with E-state index in [1.807, 2.05) is 6.08 Å². The predicted molar refractivity (Wildman–Crippen MR) is 107 cm³/mol. The van der Waals surface area contributed by atoms with Gasteiger partial charge in [0.25, 0.3) is 0 Å². The largest absolute Gasteiger partial charge is 0.447 e. The van der Waals surface area contributed by atoms with E-state index >= 15 is 0 Å². The summed E-state index contributed by atoms with van der Waals surface area (Å²) in [5.74, 6) is 0.569. The molecule has 0 unspecified atom stereocenters. The minimum Gasteiger partial charge on any atom is -0.447 e. The molecule has 3 aromatic heterocycles. The molecule has 134 valence electrons. The minimum absolute atomic E-state index is 0.365. The topological polar surface area (TPSA) is 92.9 Å². The van der Waals surface area contributed by atoms with Gasteiger partial charge in [0.2, 0.25) is 5.89 Å². The summed E-state index contributed by atoms with van der Waals surface area (Å²) in [5, 5.41) is 6.85. The number of hydrogen-bond acceptors (Lipinski definition) is 6. The van der Waals surface area contributed by atoms with E-state index in [0.29, 0.717) is 16.7 Å². The lowest BCUT2D eigenvalue weighted by molar-refractivity contribution is 0.262. The maximum atomic E-state index is 11.9. The van der Waals surface area contributed by atoms with Gasteiger partial charge in [-0.1, -0.05) is 31.0 Å². The number of oxazole rings is 1. The van der Waals surface area contributed by atoms with Gasteiger partial charge in [0.1, 0.15) is 13.5 Å². The molecule has 2 amide bonds. The molecular formula is C17H19N5O2SSi. The number of urea groups is 1. The summed E-state index contributed by atoms with van der Waals surface area (Å²) in [7, 11) is -1.50. The van der Waals surface area contributed by atoms with E-state index in [1.54, 1.807) is 43.0 Å². The summed E-state index contributed by atoms with van der Waals surface area (Å²) in [6.45, 7) is 6.62. The molecule has 26 heavy (non-hydrogen) atoms. The minimum atomic E-state index is -1.50. The van der Waals surface area contributed by atoms with Crippen molar-refractivity contribution in [1.29, 1.82) is 0 Å². The summed E-state index contributed by atoms with van der Waals surface area (Å²) < 4.78 is 5.77. The van der Waals surface area contributed by atoms with Crippen LogP contribution in [0.25, 0.3) is 12.2 Å². The quantitative estimate of drug-likeness (QED) is 0.650. The van der Waals surface area contributed by atoms with Crippen LogP contribution in [0.2, 0.25) is 19.6 Å². The molecule has 0 fully saturated rings. The molecule has 0 aliphatic heterocycles. The maximum absolute atomic E-state index is 11.9. The number of nitrogens with zero attached hydrogens (tertiary/aromatic N) is 3. The first-order valence-corrected chi connectivity index (χ1v) is 12.3. The zero-order valence-corrected chi connectivity index (χ0v) is 16.5. The number of rotatable bonds is 5. The number of hydrogen-bond donors (Lipinski definition) is 2. The van der Waals surface area contributed by atoms with Gasteiger partial charge < -0.3 is 9.73 Å². The van der Waals surface area contributed by atoms with Gasteiger partial charge in [-0.15, -0.1) is 0 Å². The molecule has 0 aliphatic rings. The number of carbonyl (C=O) groups is 1. The number of thiazole rings is 1. The zero-order chi connectivity index (χ0) is 18.6. The number of aromatic nitrogens is 3. The Kier molecular flexibility index (Phi) is 5.28. The van der Waals surface area contributed by atoms with Gasteiger partial charge in [-0.25, -0.2) is 14.8 Å². The van der Waals surface area contributed by atoms with E-state index in [-0.39, 0.29) is 6.03 Å². The molecule has 0 saturated heterocycles. The van der Waals surface area contributed by atoms with Crippen molar-refractivity contribution in [3.63, 3.8) is 0 Å². The van der Waals surface area contributed by atoms with Gasteiger partial charge in [0.05, 0.1) is 18.1 Å². The summed E-state index contributed by atoms with van der Waals surface area (Å²) in [6.07, 6.45) is 10.4. The highest BCUT2D eigenvalue weighted by Gasteiger charge is 2.21. The molecule has 0 bridgehead atoms. The fraction of sp³-hybridized carbons (Fsp3) is 0.176. The summed E-state index contributed by atoms with van der Waals surface area (Å²) in [5.41, 5.74) is 0.615. The molecule has 3 aromatic rings. The maximum Gasteiger partial charge on any atom is 0.325 e. The van der Waals surface area contributed by atoms with Crippen molar-refractivity contribution in [3.8, 4) is 0 Å². The summed E-state index contributed by atoms with van der Waals surface area (Å²) >= 11 is 1.36. The highest BCUT2D eigenvalue weighted by molar-refractivity contribution is 7.16. The molecule has 0 saturated carbocycles. The number of nitrogens with one attached hydrogen (secondary N) is 2. The average molecular weight is 386 g/mol. The van der Waals surface area contributed by atoms with Crippen LogP contribution in [-0.2, 0) is 0 Å². The highest BCUT2D eigenvalue weighted by atomic mass is 32.1. The second-order valence-electron chi connectivity index (χ2n) is 6.53. The highest BCUT2D eigenvalue weighted by Crippen LogP contribution is 2.20. The lowest BCUT2D eigenvalue weighted by Crippen LogP contribution is -2.36. The third-order valence-corrected chi connectivity index (χ3v) is 5.90. The van der Waals surface area contributed by atoms with Crippen molar-refractivity contribution in [1.82, 2.24) is 15.0 Å². The van der Waals surface area contributed by atoms with E-state index in [1.165, 1.54) is 11.3 Å². The SMILES string of the molecule is C[Si](C)(C)c1cnc(C=Cc2cnc(NC(=O)Nc3cccnc3)s2)o1. The van der Waals surface area contributed by atoms with Crippen molar-refractivity contribution >= 4 is 53.8 Å². The van der Waals surface area contributed by atoms with Crippen molar-refractivity contribution in [2.24, 2.45) is 0 Å². The molecule has 0 aromatic carbocycles. The Morgan fingerprint density at radius 1 is 1.15 bits per heavy atom. The van der Waals surface area contributed by atoms with Crippen LogP contribution in [0.1, 0.15) is 10.8 Å². The first-order valence-electron chi connectivity index (χ1n) is 7.98. The Hall–Kier alpha value is -2.78. The van der Waals surface area contributed by atoms with Crippen LogP contribution < -0.4 is 16.0 Å². The lowest BCUT2D eigenvalue weighted by atomic mass is 10.4. The zero-order valence-electron chi connectivity index (χ0n) is 14.7. The monoisotopic (exact) mass is 385 g/mol. The van der Waals surface area contributed by atoms with Crippen LogP contribution >= 0.6 is 11.3 Å². The van der Waals surface area contributed by atoms with Gasteiger partial charge in [-0.05, 0) is 18.2 Å². The van der Waals surface area contributed by atoms with E-state index < -0.39 is 8.07 Å². The van der Waals surface area contributed by atoms with Gasteiger partial charge in [-0.3, -0.25) is 10.3 Å². The third-order valence-electron chi connectivity index (χ3n) is 3.32. The smallest absolute Gasteiger partial charge is 0.325 e. The lowest BCUT2D eigenvalue weighted by Gasteiger charge is -2.09. The van der Waals surface area contributed by atoms with Crippen molar-refractivity contribution in [2.45, 2.75) is 19.6 Å². The molecule has 3 rings (SSSR count). The molecule has 0 atom stereocenters. The Bertz CT molecular complexity index is 915. The van der Waals surface area contributed by atoms with Crippen molar-refractivity contribution in [3.05, 3.63) is 47.7 Å². The van der Waals surface area contributed by atoms with E-state index in [0.717, 1.165) is 10.3 Å². The van der Waals surface area contributed by atoms with Crippen LogP contribution in [-0.4, -0.2) is 29.1 Å². The van der Waals surface area contributed by atoms with Crippen molar-refractivity contribution < 1.29 is 9.21 Å². The Morgan fingerprint density at radius 2 is 2.00 bits per heavy atom. The number of pyridine rings is 1. The number of carbonyl (C=O) groups excluding carboxylic acids is 1. The molecule has 9 heteroatoms. The number of anilines is 2. The van der Waals surface area contributed by atoms with Crippen LogP contribution in [0.15, 0.2) is 41.3 Å². The fourth-order valence-electron chi connectivity index (χ4n) is 1.98. The summed E-state index contributed by atoms with van der Waals surface area (Å²) in [6, 6.07) is 3.14. The first-order chi connectivity index (χ1) is 12.4. The average Bonchev–Trinajstić information content (AvgIpc) is 3.22. The fourth-order valence-corrected chi connectivity index (χ4v) is 3.56. The van der Waals surface area contributed by atoms with E-state index in [9.17, 15) is 4.79 Å². The van der Waals surface area contributed by atoms with E-state index in [2.05, 4.69) is 45.2 Å². The van der Waals surface area contributed by atoms with Gasteiger partial charge in [-0.2, -0.15) is 0 Å². The second-order valence-corrected chi connectivity index (χ2v) is 12.6. The molecule has 0 radical (unpaired) electrons. The van der Waals surface area contributed by atoms with E-state index in [4.69, 9.17) is 4.42 Å². The normalized spacial score (nSPS) is 11.7. The summed E-state index contributed by atoms with van der Waals surface area (Å²) in [4.78, 5) is 25.2. The molecule has 7 nitrogen and oxygen atoms in total. The molecule has 0 aliphatic carbocycles. The number of amides is 2. The molecule has 0 spiro atoms. The third kappa shape index (κ3) is 4.87. The standard InChI is InChI=1S/C17H19N5O2SSi/c1-26(2,3)15-11-19-14(24-15)7-6-13-10-20-17(25-13)22-16(23)21-12-5-4-8-18-9-12/h4-11H,1-3H3,(H2,20,21,22,23). The van der Waals surface area contributed by atoms with Crippen LogP contribution in [0.4, 0.5) is 15.6 Å². The Balaban J connectivity index is 1.59. The Morgan fingerprint density at radius 3 is 2.69 bits per heavy atom. The van der Waals surface area contributed by atoms with Gasteiger partial charge in [0, 0.05) is 23.3 Å². The van der Waals surface area contributed by atoms with Crippen LogP contribution in [0.5, 0.6) is 0 Å². The molecular weight excluding hydrogens is 366 g/mol. The van der Waals surface area contributed by atoms with Crippen LogP contribution in [0, 0.1) is 0 Å². The molecule has 2 N–H and O–H groups in total. The van der Waals surface area contributed by atoms with Gasteiger partial charge >= 0.3 is 6.03 Å². The molecule has 3 heterocycles. The Labute approximate surface area is 156 Å². The van der Waals surface area contributed by atoms with Gasteiger partial charge in [0.15, 0.2) is 5.13 Å². The van der Waals surface area contributed by atoms with Crippen molar-refractivity contribution in [2.75, 3.05) is 10.6 Å². The predicted octanol–water partition coefficient (Wildman–Crippen LogP) is 3.89. The first kappa shape index (κ1) is 18.0. The van der Waals surface area contributed by atoms with Crippen LogP contribution in [0.3, 0.4) is 0 Å². The second kappa shape index (κ2) is 7.62.